The highest BCUT2D eigenvalue weighted by molar-refractivity contribution is 5.86. The zero-order valence-electron chi connectivity index (χ0n) is 13.7. The Morgan fingerprint density at radius 1 is 1.36 bits per heavy atom. The van der Waals surface area contributed by atoms with Crippen molar-refractivity contribution in [2.45, 2.75) is 51.0 Å². The Labute approximate surface area is 142 Å². The molecule has 9 heteroatoms. The van der Waals surface area contributed by atoms with E-state index in [9.17, 15) is 27.6 Å². The molecule has 1 saturated heterocycles. The van der Waals surface area contributed by atoms with Crippen molar-refractivity contribution in [3.05, 3.63) is 0 Å². The van der Waals surface area contributed by atoms with Crippen LogP contribution in [0.15, 0.2) is 0 Å². The Kier molecular flexibility index (Phi) is 4.45. The van der Waals surface area contributed by atoms with Crippen LogP contribution < -0.4 is 0 Å². The van der Waals surface area contributed by atoms with E-state index in [0.717, 1.165) is 0 Å². The number of rotatable bonds is 6. The number of carbonyl (C=O) groups is 3. The zero-order valence-corrected chi connectivity index (χ0v) is 13.7. The molecule has 140 valence electrons. The van der Waals surface area contributed by atoms with Gasteiger partial charge in [-0.2, -0.15) is 0 Å². The molecule has 0 radical (unpaired) electrons. The summed E-state index contributed by atoms with van der Waals surface area (Å²) in [5.74, 6) is -7.55. The fourth-order valence-electron chi connectivity index (χ4n) is 4.27. The summed E-state index contributed by atoms with van der Waals surface area (Å²) >= 11 is 0. The van der Waals surface area contributed by atoms with Crippen molar-refractivity contribution in [3.8, 4) is 0 Å². The van der Waals surface area contributed by atoms with E-state index in [-0.39, 0.29) is 5.92 Å². The van der Waals surface area contributed by atoms with Crippen LogP contribution in [0.25, 0.3) is 0 Å². The maximum absolute atomic E-state index is 13.2. The normalized spacial score (nSPS) is 36.9. The molecule has 25 heavy (non-hydrogen) atoms. The lowest BCUT2D eigenvalue weighted by Crippen LogP contribution is -2.43. The number of fused-ring (bicyclic) bond motifs is 1. The smallest absolute Gasteiger partial charge is 0.310 e. The second kappa shape index (κ2) is 6.17. The van der Waals surface area contributed by atoms with Crippen LogP contribution in [0.5, 0.6) is 0 Å². The standard InChI is InChI=1S/C16H19F3O6/c1-6(20)24-12-7-5-8-11(15(22)25-13(8)12)10(7)14(21)23-4-3-9(17)16(2,18)19/h7-13H,3-5H2,1-2H3. The molecular formula is C16H19F3O6. The summed E-state index contributed by atoms with van der Waals surface area (Å²) in [6, 6.07) is 0. The van der Waals surface area contributed by atoms with Crippen LogP contribution in [-0.2, 0) is 28.6 Å². The van der Waals surface area contributed by atoms with Crippen LogP contribution >= 0.6 is 0 Å². The monoisotopic (exact) mass is 364 g/mol. The molecule has 0 aromatic rings. The van der Waals surface area contributed by atoms with E-state index in [1.807, 2.05) is 0 Å². The SMILES string of the molecule is CC(=O)OC1C2CC3C1OC(=O)C3C2C(=O)OCCC(F)C(C)(F)F. The third-order valence-electron chi connectivity index (χ3n) is 5.29. The highest BCUT2D eigenvalue weighted by Gasteiger charge is 2.70. The molecule has 0 spiro atoms. The van der Waals surface area contributed by atoms with Crippen molar-refractivity contribution in [1.29, 1.82) is 0 Å². The highest BCUT2D eigenvalue weighted by atomic mass is 19.3. The molecule has 3 rings (SSSR count). The number of esters is 3. The number of hydrogen-bond donors (Lipinski definition) is 0. The first-order chi connectivity index (χ1) is 11.6. The summed E-state index contributed by atoms with van der Waals surface area (Å²) in [4.78, 5) is 35.6. The van der Waals surface area contributed by atoms with E-state index in [1.54, 1.807) is 0 Å². The molecule has 2 saturated carbocycles. The van der Waals surface area contributed by atoms with Gasteiger partial charge in [0.1, 0.15) is 12.2 Å². The summed E-state index contributed by atoms with van der Waals surface area (Å²) in [7, 11) is 0. The topological polar surface area (TPSA) is 78.9 Å². The van der Waals surface area contributed by atoms with Crippen molar-refractivity contribution in [3.63, 3.8) is 0 Å². The number of ether oxygens (including phenoxy) is 3. The van der Waals surface area contributed by atoms with Crippen LogP contribution in [0.2, 0.25) is 0 Å². The van der Waals surface area contributed by atoms with Gasteiger partial charge in [0.15, 0.2) is 6.17 Å². The first kappa shape index (κ1) is 18.0. The third kappa shape index (κ3) is 3.08. The quantitative estimate of drug-likeness (QED) is 0.527. The Balaban J connectivity index is 1.64. The van der Waals surface area contributed by atoms with Crippen molar-refractivity contribution in [1.82, 2.24) is 0 Å². The number of alkyl halides is 3. The lowest BCUT2D eigenvalue weighted by Gasteiger charge is -2.29. The molecule has 7 unspecified atom stereocenters. The molecule has 1 aliphatic heterocycles. The Morgan fingerprint density at radius 2 is 2.04 bits per heavy atom. The predicted octanol–water partition coefficient (Wildman–Crippen LogP) is 1.65. The highest BCUT2D eigenvalue weighted by Crippen LogP contribution is 2.58. The van der Waals surface area contributed by atoms with E-state index in [2.05, 4.69) is 0 Å². The van der Waals surface area contributed by atoms with E-state index in [1.165, 1.54) is 6.92 Å². The Hall–Kier alpha value is -1.80. The van der Waals surface area contributed by atoms with Crippen LogP contribution in [0.1, 0.15) is 26.7 Å². The van der Waals surface area contributed by atoms with Gasteiger partial charge in [-0.1, -0.05) is 0 Å². The first-order valence-corrected chi connectivity index (χ1v) is 8.17. The Bertz CT molecular complexity index is 589. The van der Waals surface area contributed by atoms with Gasteiger partial charge in [0.2, 0.25) is 0 Å². The van der Waals surface area contributed by atoms with Gasteiger partial charge < -0.3 is 14.2 Å². The van der Waals surface area contributed by atoms with Crippen molar-refractivity contribution < 1.29 is 41.8 Å². The molecule has 0 N–H and O–H groups in total. The van der Waals surface area contributed by atoms with Gasteiger partial charge in [0.25, 0.3) is 5.92 Å². The predicted molar refractivity (Wildman–Crippen MR) is 75.1 cm³/mol. The van der Waals surface area contributed by atoms with Gasteiger partial charge in [0, 0.05) is 32.1 Å². The summed E-state index contributed by atoms with van der Waals surface area (Å²) in [6.07, 6.45) is -3.84. The summed E-state index contributed by atoms with van der Waals surface area (Å²) in [5.41, 5.74) is 0. The minimum Gasteiger partial charge on any atom is -0.465 e. The van der Waals surface area contributed by atoms with Gasteiger partial charge in [-0.15, -0.1) is 0 Å². The average molecular weight is 364 g/mol. The van der Waals surface area contributed by atoms with Gasteiger partial charge >= 0.3 is 17.9 Å². The molecule has 0 aromatic heterocycles. The summed E-state index contributed by atoms with van der Waals surface area (Å²) < 4.78 is 54.2. The fraction of sp³-hybridized carbons (Fsp3) is 0.812. The number of carbonyl (C=O) groups excluding carboxylic acids is 3. The molecular weight excluding hydrogens is 345 g/mol. The Morgan fingerprint density at radius 3 is 2.64 bits per heavy atom. The molecule has 3 fully saturated rings. The lowest BCUT2D eigenvalue weighted by atomic mass is 9.78. The molecule has 6 nitrogen and oxygen atoms in total. The molecule has 0 aromatic carbocycles. The number of hydrogen-bond acceptors (Lipinski definition) is 6. The fourth-order valence-corrected chi connectivity index (χ4v) is 4.27. The van der Waals surface area contributed by atoms with E-state index < -0.39 is 73.0 Å². The van der Waals surface area contributed by atoms with Crippen molar-refractivity contribution >= 4 is 17.9 Å². The van der Waals surface area contributed by atoms with E-state index >= 15 is 0 Å². The molecule has 2 bridgehead atoms. The van der Waals surface area contributed by atoms with E-state index in [0.29, 0.717) is 13.3 Å². The third-order valence-corrected chi connectivity index (χ3v) is 5.29. The van der Waals surface area contributed by atoms with Crippen molar-refractivity contribution in [2.24, 2.45) is 23.7 Å². The number of halogens is 3. The van der Waals surface area contributed by atoms with Crippen LogP contribution in [0.4, 0.5) is 13.2 Å². The van der Waals surface area contributed by atoms with Gasteiger partial charge in [-0.05, 0) is 6.42 Å². The summed E-state index contributed by atoms with van der Waals surface area (Å²) in [5, 5.41) is 0. The molecule has 3 aliphatic rings. The largest absolute Gasteiger partial charge is 0.465 e. The average Bonchev–Trinajstić information content (AvgIpc) is 3.08. The second-order valence-corrected chi connectivity index (χ2v) is 6.97. The van der Waals surface area contributed by atoms with E-state index in [4.69, 9.17) is 14.2 Å². The van der Waals surface area contributed by atoms with Gasteiger partial charge in [-0.25, -0.2) is 13.2 Å². The molecule has 0 amide bonds. The minimum atomic E-state index is -3.51. The van der Waals surface area contributed by atoms with Crippen LogP contribution in [0, 0.1) is 23.7 Å². The zero-order chi connectivity index (χ0) is 18.5. The van der Waals surface area contributed by atoms with Crippen LogP contribution in [0.3, 0.4) is 0 Å². The maximum Gasteiger partial charge on any atom is 0.310 e. The molecule has 2 aliphatic carbocycles. The molecule has 7 atom stereocenters. The minimum absolute atomic E-state index is 0.228. The van der Waals surface area contributed by atoms with Gasteiger partial charge in [0.05, 0.1) is 18.4 Å². The molecule has 1 heterocycles. The maximum atomic E-state index is 13.2. The second-order valence-electron chi connectivity index (χ2n) is 6.97. The van der Waals surface area contributed by atoms with Gasteiger partial charge in [-0.3, -0.25) is 14.4 Å². The van der Waals surface area contributed by atoms with Crippen LogP contribution in [-0.4, -0.2) is 48.8 Å². The van der Waals surface area contributed by atoms with Crippen molar-refractivity contribution in [2.75, 3.05) is 6.61 Å². The lowest BCUT2D eigenvalue weighted by molar-refractivity contribution is -0.164. The summed E-state index contributed by atoms with van der Waals surface area (Å²) in [6.45, 7) is 1.16. The first-order valence-electron chi connectivity index (χ1n) is 8.17.